The van der Waals surface area contributed by atoms with Crippen LogP contribution in [0.3, 0.4) is 0 Å². The lowest BCUT2D eigenvalue weighted by molar-refractivity contribution is 0.208. The summed E-state index contributed by atoms with van der Waals surface area (Å²) >= 11 is 6.09. The summed E-state index contributed by atoms with van der Waals surface area (Å²) in [5.41, 5.74) is 0.549. The molecule has 1 saturated heterocycles. The van der Waals surface area contributed by atoms with Crippen molar-refractivity contribution < 1.29 is 14.3 Å². The molecule has 8 nitrogen and oxygen atoms in total. The lowest BCUT2D eigenvalue weighted by Crippen LogP contribution is -2.50. The van der Waals surface area contributed by atoms with Gasteiger partial charge < -0.3 is 24.6 Å². The second-order valence-electron chi connectivity index (χ2n) is 5.64. The van der Waals surface area contributed by atoms with Gasteiger partial charge in [-0.2, -0.15) is 0 Å². The topological polar surface area (TPSA) is 79.8 Å². The molecule has 1 aromatic carbocycles. The average Bonchev–Trinajstić information content (AvgIpc) is 2.68. The molecule has 0 spiro atoms. The van der Waals surface area contributed by atoms with Gasteiger partial charge in [0, 0.05) is 32.2 Å². The number of rotatable bonds is 4. The number of nitrogens with zero attached hydrogens (tertiary/aromatic N) is 4. The van der Waals surface area contributed by atoms with E-state index in [1.54, 1.807) is 36.3 Å². The van der Waals surface area contributed by atoms with Gasteiger partial charge >= 0.3 is 6.03 Å². The van der Waals surface area contributed by atoms with Crippen molar-refractivity contribution in [1.82, 2.24) is 14.9 Å². The van der Waals surface area contributed by atoms with Gasteiger partial charge in [-0.1, -0.05) is 17.7 Å². The third-order valence-corrected chi connectivity index (χ3v) is 4.44. The molecule has 2 amide bonds. The standard InChI is InChI=1S/C17H20ClN5O3/c1-25-15-10-14(19-11-20-15)22-6-8-23(9-7-22)17(24)21-13-5-3-4-12(18)16(13)26-2/h3-5,10-11H,6-9H2,1-2H3,(H,21,24). The van der Waals surface area contributed by atoms with E-state index in [1.807, 2.05) is 0 Å². The summed E-state index contributed by atoms with van der Waals surface area (Å²) < 4.78 is 10.4. The molecule has 0 unspecified atom stereocenters. The summed E-state index contributed by atoms with van der Waals surface area (Å²) in [5.74, 6) is 1.76. The first-order chi connectivity index (χ1) is 12.6. The van der Waals surface area contributed by atoms with E-state index in [-0.39, 0.29) is 6.03 Å². The molecule has 1 N–H and O–H groups in total. The number of piperazine rings is 1. The molecular weight excluding hydrogens is 358 g/mol. The predicted octanol–water partition coefficient (Wildman–Crippen LogP) is 2.50. The first-order valence-electron chi connectivity index (χ1n) is 8.11. The number of para-hydroxylation sites is 1. The van der Waals surface area contributed by atoms with Crippen LogP contribution in [0.25, 0.3) is 0 Å². The fourth-order valence-corrected chi connectivity index (χ4v) is 3.01. The van der Waals surface area contributed by atoms with Crippen molar-refractivity contribution in [3.8, 4) is 11.6 Å². The quantitative estimate of drug-likeness (QED) is 0.881. The fourth-order valence-electron chi connectivity index (χ4n) is 2.76. The van der Waals surface area contributed by atoms with Crippen LogP contribution in [-0.4, -0.2) is 61.3 Å². The minimum atomic E-state index is -0.189. The van der Waals surface area contributed by atoms with Crippen LogP contribution in [0.5, 0.6) is 11.6 Å². The summed E-state index contributed by atoms with van der Waals surface area (Å²) in [6, 6.07) is 6.83. The highest BCUT2D eigenvalue weighted by Crippen LogP contribution is 2.32. The van der Waals surface area contributed by atoms with Gasteiger partial charge in [-0.3, -0.25) is 0 Å². The summed E-state index contributed by atoms with van der Waals surface area (Å²) in [6.07, 6.45) is 1.47. The van der Waals surface area contributed by atoms with Crippen molar-refractivity contribution in [3.05, 3.63) is 35.6 Å². The van der Waals surface area contributed by atoms with Crippen LogP contribution >= 0.6 is 11.6 Å². The van der Waals surface area contributed by atoms with Crippen molar-refractivity contribution in [2.75, 3.05) is 50.6 Å². The maximum atomic E-state index is 12.5. The van der Waals surface area contributed by atoms with E-state index in [2.05, 4.69) is 20.2 Å². The third kappa shape index (κ3) is 3.91. The van der Waals surface area contributed by atoms with Gasteiger partial charge in [-0.15, -0.1) is 0 Å². The zero-order valence-corrected chi connectivity index (χ0v) is 15.4. The smallest absolute Gasteiger partial charge is 0.322 e. The van der Waals surface area contributed by atoms with Gasteiger partial charge in [-0.25, -0.2) is 14.8 Å². The Bertz CT molecular complexity index is 781. The Morgan fingerprint density at radius 1 is 1.15 bits per heavy atom. The minimum Gasteiger partial charge on any atom is -0.493 e. The number of nitrogens with one attached hydrogen (secondary N) is 1. The Morgan fingerprint density at radius 2 is 1.92 bits per heavy atom. The summed E-state index contributed by atoms with van der Waals surface area (Å²) in [6.45, 7) is 2.47. The van der Waals surface area contributed by atoms with Gasteiger partial charge in [0.15, 0.2) is 5.75 Å². The van der Waals surface area contributed by atoms with Crippen molar-refractivity contribution >= 4 is 29.1 Å². The van der Waals surface area contributed by atoms with E-state index in [0.717, 1.165) is 5.82 Å². The van der Waals surface area contributed by atoms with Crippen molar-refractivity contribution in [2.45, 2.75) is 0 Å². The SMILES string of the molecule is COc1cc(N2CCN(C(=O)Nc3cccc(Cl)c3OC)CC2)ncn1. The number of ether oxygens (including phenoxy) is 2. The molecule has 1 aliphatic rings. The first kappa shape index (κ1) is 18.1. The van der Waals surface area contributed by atoms with Crippen LogP contribution in [0, 0.1) is 0 Å². The van der Waals surface area contributed by atoms with Crippen LogP contribution < -0.4 is 19.7 Å². The van der Waals surface area contributed by atoms with Gasteiger partial charge in [-0.05, 0) is 12.1 Å². The molecule has 9 heteroatoms. The Morgan fingerprint density at radius 3 is 2.62 bits per heavy atom. The number of urea groups is 1. The molecular formula is C17H20ClN5O3. The van der Waals surface area contributed by atoms with E-state index in [4.69, 9.17) is 21.1 Å². The number of anilines is 2. The summed E-state index contributed by atoms with van der Waals surface area (Å²) in [4.78, 5) is 24.7. The normalized spacial score (nSPS) is 14.1. The number of methoxy groups -OCH3 is 2. The molecule has 2 heterocycles. The first-order valence-corrected chi connectivity index (χ1v) is 8.49. The Kier molecular flexibility index (Phi) is 5.62. The van der Waals surface area contributed by atoms with Gasteiger partial charge in [0.1, 0.15) is 12.1 Å². The van der Waals surface area contributed by atoms with E-state index < -0.39 is 0 Å². The van der Waals surface area contributed by atoms with Crippen molar-refractivity contribution in [3.63, 3.8) is 0 Å². The number of halogens is 1. The largest absolute Gasteiger partial charge is 0.493 e. The predicted molar refractivity (Wildman–Crippen MR) is 99.4 cm³/mol. The molecule has 2 aromatic rings. The molecule has 1 fully saturated rings. The molecule has 0 bridgehead atoms. The number of amides is 2. The monoisotopic (exact) mass is 377 g/mol. The van der Waals surface area contributed by atoms with Crippen molar-refractivity contribution in [1.29, 1.82) is 0 Å². The van der Waals surface area contributed by atoms with Gasteiger partial charge in [0.2, 0.25) is 5.88 Å². The number of hydrogen-bond donors (Lipinski definition) is 1. The molecule has 138 valence electrons. The van der Waals surface area contributed by atoms with Crippen LogP contribution in [0.4, 0.5) is 16.3 Å². The molecule has 0 radical (unpaired) electrons. The maximum absolute atomic E-state index is 12.5. The van der Waals surface area contributed by atoms with E-state index in [1.165, 1.54) is 13.4 Å². The zero-order chi connectivity index (χ0) is 18.5. The lowest BCUT2D eigenvalue weighted by Gasteiger charge is -2.35. The number of aromatic nitrogens is 2. The molecule has 26 heavy (non-hydrogen) atoms. The molecule has 1 aromatic heterocycles. The summed E-state index contributed by atoms with van der Waals surface area (Å²) in [7, 11) is 3.09. The highest BCUT2D eigenvalue weighted by Gasteiger charge is 2.23. The fraction of sp³-hybridized carbons (Fsp3) is 0.353. The minimum absolute atomic E-state index is 0.189. The Balaban J connectivity index is 1.61. The Hall–Kier alpha value is -2.74. The second-order valence-corrected chi connectivity index (χ2v) is 6.05. The van der Waals surface area contributed by atoms with E-state index in [9.17, 15) is 4.79 Å². The summed E-state index contributed by atoms with van der Waals surface area (Å²) in [5, 5.41) is 3.31. The van der Waals surface area contributed by atoms with Crippen molar-refractivity contribution in [2.24, 2.45) is 0 Å². The zero-order valence-electron chi connectivity index (χ0n) is 14.6. The maximum Gasteiger partial charge on any atom is 0.322 e. The number of carbonyl (C=O) groups is 1. The molecule has 0 aliphatic carbocycles. The Labute approximate surface area is 156 Å². The third-order valence-electron chi connectivity index (χ3n) is 4.14. The molecule has 1 aliphatic heterocycles. The van der Waals surface area contributed by atoms with Crippen LogP contribution in [0.1, 0.15) is 0 Å². The highest BCUT2D eigenvalue weighted by atomic mass is 35.5. The number of benzene rings is 1. The molecule has 3 rings (SSSR count). The van der Waals surface area contributed by atoms with Crippen LogP contribution in [0.15, 0.2) is 30.6 Å². The van der Waals surface area contributed by atoms with Gasteiger partial charge in [0.05, 0.1) is 24.9 Å². The van der Waals surface area contributed by atoms with E-state index >= 15 is 0 Å². The number of carbonyl (C=O) groups excluding carboxylic acids is 1. The van der Waals surface area contributed by atoms with Gasteiger partial charge in [0.25, 0.3) is 0 Å². The number of hydrogen-bond acceptors (Lipinski definition) is 6. The average molecular weight is 378 g/mol. The molecule has 0 atom stereocenters. The highest BCUT2D eigenvalue weighted by molar-refractivity contribution is 6.32. The lowest BCUT2D eigenvalue weighted by atomic mass is 10.3. The molecule has 0 saturated carbocycles. The van der Waals surface area contributed by atoms with Crippen LogP contribution in [0.2, 0.25) is 5.02 Å². The van der Waals surface area contributed by atoms with Crippen LogP contribution in [-0.2, 0) is 0 Å². The van der Waals surface area contributed by atoms with E-state index in [0.29, 0.717) is 48.5 Å². The second kappa shape index (κ2) is 8.09.